The van der Waals surface area contributed by atoms with Gasteiger partial charge in [-0.3, -0.25) is 0 Å². The summed E-state index contributed by atoms with van der Waals surface area (Å²) in [5.74, 6) is 0. The van der Waals surface area contributed by atoms with Gasteiger partial charge in [-0.2, -0.15) is 26.3 Å². The van der Waals surface area contributed by atoms with Crippen LogP contribution in [0.4, 0.5) is 26.3 Å². The fourth-order valence-electron chi connectivity index (χ4n) is 13.7. The number of furan rings is 2. The number of rotatable bonds is 6. The molecule has 16 aromatic rings. The molecule has 0 radical (unpaired) electrons. The van der Waals surface area contributed by atoms with Crippen molar-refractivity contribution < 1.29 is 35.2 Å². The van der Waals surface area contributed by atoms with Gasteiger partial charge in [-0.1, -0.05) is 146 Å². The maximum atomic E-state index is 16.2. The van der Waals surface area contributed by atoms with Crippen molar-refractivity contribution in [3.05, 3.63) is 241 Å². The first-order valence-corrected chi connectivity index (χ1v) is 27.0. The molecule has 0 saturated heterocycles. The second kappa shape index (κ2) is 17.0. The first kappa shape index (κ1) is 48.0. The summed E-state index contributed by atoms with van der Waals surface area (Å²) in [6, 6.07) is 67.3. The van der Waals surface area contributed by atoms with Gasteiger partial charge in [0, 0.05) is 81.6 Å². The molecule has 0 spiro atoms. The van der Waals surface area contributed by atoms with Crippen molar-refractivity contribution in [1.82, 2.24) is 13.7 Å². The zero-order chi connectivity index (χ0) is 55.6. The standard InChI is InChI=1S/C71H43F6N3O2/c1-69(2,80-54-31-15-5-21-42(54)43-22-6-16-32-55(43)80)66-67(78-52-29-13-7-23-44(52)62-56(78)35-37-60-64(62)46-25-9-17-33-58(46)81-60)48(40-19-3-11-27-50(40)70(72,73)74)39-49(41-20-4-12-28-51(41)71(75,76)77)68(66)79-53-30-14-8-24-45(53)63-57(79)36-38-61-65(63)47-26-10-18-34-59(47)82-61/h3-39H,1-2H3. The normalized spacial score (nSPS) is 12.9. The van der Waals surface area contributed by atoms with E-state index in [0.717, 1.165) is 77.0 Å². The van der Waals surface area contributed by atoms with E-state index < -0.39 is 29.0 Å². The Hall–Kier alpha value is -10.0. The summed E-state index contributed by atoms with van der Waals surface area (Å²) in [5, 5.41) is 8.37. The number of hydrogen-bond acceptors (Lipinski definition) is 2. The summed E-state index contributed by atoms with van der Waals surface area (Å²) in [7, 11) is 0. The van der Waals surface area contributed by atoms with Gasteiger partial charge in [0.1, 0.15) is 22.3 Å². The van der Waals surface area contributed by atoms with E-state index in [-0.39, 0.29) is 22.3 Å². The van der Waals surface area contributed by atoms with Gasteiger partial charge in [-0.25, -0.2) is 0 Å². The number of para-hydroxylation sites is 6. The minimum atomic E-state index is -4.91. The zero-order valence-corrected chi connectivity index (χ0v) is 43.8. The maximum absolute atomic E-state index is 16.2. The van der Waals surface area contributed by atoms with Crippen LogP contribution >= 0.6 is 0 Å². The first-order chi connectivity index (χ1) is 39.8. The molecule has 5 nitrogen and oxygen atoms in total. The highest BCUT2D eigenvalue weighted by Gasteiger charge is 2.42. The summed E-state index contributed by atoms with van der Waals surface area (Å²) >= 11 is 0. The number of benzene rings is 11. The predicted molar refractivity (Wildman–Crippen MR) is 318 cm³/mol. The van der Waals surface area contributed by atoms with Crippen molar-refractivity contribution in [3.8, 4) is 33.6 Å². The fourth-order valence-corrected chi connectivity index (χ4v) is 13.7. The molecule has 16 rings (SSSR count). The van der Waals surface area contributed by atoms with Crippen molar-refractivity contribution in [2.45, 2.75) is 31.7 Å². The lowest BCUT2D eigenvalue weighted by atomic mass is 9.81. The van der Waals surface area contributed by atoms with Crippen LogP contribution in [0.25, 0.3) is 143 Å². The molecule has 0 saturated carbocycles. The van der Waals surface area contributed by atoms with Crippen LogP contribution in [0.2, 0.25) is 0 Å². The molecule has 0 unspecified atom stereocenters. The van der Waals surface area contributed by atoms with Crippen molar-refractivity contribution in [2.24, 2.45) is 0 Å². The second-order valence-electron chi connectivity index (χ2n) is 21.6. The third kappa shape index (κ3) is 6.64. The van der Waals surface area contributed by atoms with Gasteiger partial charge in [0.15, 0.2) is 0 Å². The van der Waals surface area contributed by atoms with Gasteiger partial charge in [0.05, 0.1) is 50.1 Å². The van der Waals surface area contributed by atoms with Crippen LogP contribution in [0, 0.1) is 0 Å². The summed E-state index contributed by atoms with van der Waals surface area (Å²) in [5.41, 5.74) is 4.34. The highest BCUT2D eigenvalue weighted by atomic mass is 19.4. The number of fused-ring (bicyclic) bond motifs is 17. The summed E-state index contributed by atoms with van der Waals surface area (Å²) in [6.07, 6.45) is -9.82. The van der Waals surface area contributed by atoms with Gasteiger partial charge < -0.3 is 22.5 Å². The molecule has 11 heteroatoms. The molecule has 0 aliphatic rings. The van der Waals surface area contributed by atoms with Crippen molar-refractivity contribution in [3.63, 3.8) is 0 Å². The van der Waals surface area contributed by atoms with E-state index in [0.29, 0.717) is 61.3 Å². The van der Waals surface area contributed by atoms with Crippen LogP contribution in [0.15, 0.2) is 233 Å². The lowest BCUT2D eigenvalue weighted by molar-refractivity contribution is -0.137. The van der Waals surface area contributed by atoms with Crippen LogP contribution in [0.5, 0.6) is 0 Å². The summed E-state index contributed by atoms with van der Waals surface area (Å²) in [6.45, 7) is 4.08. The van der Waals surface area contributed by atoms with Gasteiger partial charge in [0.2, 0.25) is 0 Å². The van der Waals surface area contributed by atoms with Crippen LogP contribution < -0.4 is 0 Å². The topological polar surface area (TPSA) is 41.1 Å². The van der Waals surface area contributed by atoms with E-state index in [2.05, 4.69) is 13.7 Å². The minimum absolute atomic E-state index is 0.0660. The Morgan fingerprint density at radius 2 is 0.659 bits per heavy atom. The molecule has 11 aromatic carbocycles. The molecule has 0 amide bonds. The minimum Gasteiger partial charge on any atom is -0.456 e. The van der Waals surface area contributed by atoms with Gasteiger partial charge in [0.25, 0.3) is 0 Å². The monoisotopic (exact) mass is 1080 g/mol. The Morgan fingerprint density at radius 1 is 0.305 bits per heavy atom. The molecular formula is C71H43F6N3O2. The fraction of sp³-hybridized carbons (Fsp3) is 0.0704. The molecule has 5 aromatic heterocycles. The second-order valence-corrected chi connectivity index (χ2v) is 21.6. The Bertz CT molecular complexity index is 5050. The number of halogens is 6. The largest absolute Gasteiger partial charge is 0.456 e. The average Bonchev–Trinajstić information content (AvgIpc) is 1.71. The lowest BCUT2D eigenvalue weighted by Gasteiger charge is -2.37. The van der Waals surface area contributed by atoms with Crippen molar-refractivity contribution in [2.75, 3.05) is 0 Å². The maximum Gasteiger partial charge on any atom is 0.417 e. The van der Waals surface area contributed by atoms with E-state index in [4.69, 9.17) is 8.83 Å². The first-order valence-electron chi connectivity index (χ1n) is 27.0. The van der Waals surface area contributed by atoms with E-state index in [1.807, 2.05) is 184 Å². The van der Waals surface area contributed by atoms with Crippen LogP contribution in [0.3, 0.4) is 0 Å². The molecule has 0 aliphatic heterocycles. The summed E-state index contributed by atoms with van der Waals surface area (Å²) < 4.78 is 117. The number of hydrogen-bond donors (Lipinski definition) is 0. The average molecular weight is 1080 g/mol. The zero-order valence-electron chi connectivity index (χ0n) is 43.8. The molecule has 0 fully saturated rings. The van der Waals surface area contributed by atoms with Crippen LogP contribution in [-0.2, 0) is 17.9 Å². The van der Waals surface area contributed by atoms with Gasteiger partial charge in [-0.05, 0) is 104 Å². The van der Waals surface area contributed by atoms with Gasteiger partial charge in [-0.15, -0.1) is 0 Å². The molecule has 0 aliphatic carbocycles. The molecule has 0 bridgehead atoms. The lowest BCUT2D eigenvalue weighted by Crippen LogP contribution is -2.32. The van der Waals surface area contributed by atoms with Gasteiger partial charge >= 0.3 is 12.4 Å². The Labute approximate surface area is 462 Å². The number of aromatic nitrogens is 3. The van der Waals surface area contributed by atoms with Crippen LogP contribution in [-0.4, -0.2) is 13.7 Å². The summed E-state index contributed by atoms with van der Waals surface area (Å²) in [4.78, 5) is 0. The van der Waals surface area contributed by atoms with Crippen molar-refractivity contribution >= 4 is 109 Å². The molecular weight excluding hydrogens is 1040 g/mol. The smallest absolute Gasteiger partial charge is 0.417 e. The van der Waals surface area contributed by atoms with Crippen molar-refractivity contribution in [1.29, 1.82) is 0 Å². The molecule has 5 heterocycles. The van der Waals surface area contributed by atoms with Crippen LogP contribution in [0.1, 0.15) is 30.5 Å². The third-order valence-corrected chi connectivity index (χ3v) is 16.9. The van der Waals surface area contributed by atoms with E-state index in [9.17, 15) is 0 Å². The highest BCUT2D eigenvalue weighted by molar-refractivity contribution is 6.29. The Morgan fingerprint density at radius 3 is 1.09 bits per heavy atom. The molecule has 82 heavy (non-hydrogen) atoms. The molecule has 396 valence electrons. The number of alkyl halides is 6. The van der Waals surface area contributed by atoms with E-state index >= 15 is 26.3 Å². The van der Waals surface area contributed by atoms with E-state index in [1.165, 1.54) is 24.3 Å². The molecule has 0 N–H and O–H groups in total. The third-order valence-electron chi connectivity index (χ3n) is 16.9. The highest BCUT2D eigenvalue weighted by Crippen LogP contribution is 2.55. The number of nitrogens with zero attached hydrogens (tertiary/aromatic N) is 3. The predicted octanol–water partition coefficient (Wildman–Crippen LogP) is 20.9. The Kier molecular flexibility index (Phi) is 9.95. The Balaban J connectivity index is 1.23. The SMILES string of the molecule is CC(C)(c1c(-n2c3ccccc3c3c4c(ccc32)oc2ccccc24)c(-c2ccccc2C(F)(F)F)cc(-c2ccccc2C(F)(F)F)c1-n1c2ccccc2c2c3c(ccc21)oc1ccccc13)n1c2ccccc2c2ccccc21. The molecule has 0 atom stereocenters. The van der Waals surface area contributed by atoms with E-state index in [1.54, 1.807) is 18.2 Å². The quantitative estimate of drug-likeness (QED) is 0.156.